The molecule has 0 saturated heterocycles. The van der Waals surface area contributed by atoms with E-state index in [1.165, 1.54) is 12.1 Å². The van der Waals surface area contributed by atoms with Gasteiger partial charge in [-0.2, -0.15) is 0 Å². The van der Waals surface area contributed by atoms with E-state index in [1.807, 2.05) is 0 Å². The highest BCUT2D eigenvalue weighted by molar-refractivity contribution is 14.1. The lowest BCUT2D eigenvalue weighted by Gasteiger charge is -2.13. The molecule has 2 N–H and O–H groups in total. The van der Waals surface area contributed by atoms with Crippen LogP contribution in [0.25, 0.3) is 0 Å². The maximum Gasteiger partial charge on any atom is 0.124 e. The quantitative estimate of drug-likeness (QED) is 0.668. The molecule has 0 heterocycles. The van der Waals surface area contributed by atoms with Gasteiger partial charge in [-0.1, -0.05) is 6.07 Å². The lowest BCUT2D eigenvalue weighted by Crippen LogP contribution is -2.12. The van der Waals surface area contributed by atoms with E-state index >= 15 is 0 Å². The van der Waals surface area contributed by atoms with E-state index < -0.39 is 0 Å². The number of benzene rings is 1. The predicted molar refractivity (Wildman–Crippen MR) is 67.2 cm³/mol. The number of rotatable bonds is 5. The lowest BCUT2D eigenvalue weighted by molar-refractivity contribution is 0.190. The van der Waals surface area contributed by atoms with Crippen LogP contribution in [0, 0.1) is 9.39 Å². The molecule has 1 rings (SSSR count). The van der Waals surface area contributed by atoms with Gasteiger partial charge in [-0.25, -0.2) is 4.39 Å². The summed E-state index contributed by atoms with van der Waals surface area (Å²) in [5.41, 5.74) is 7.01. The van der Waals surface area contributed by atoms with Gasteiger partial charge < -0.3 is 10.5 Å². The van der Waals surface area contributed by atoms with Crippen LogP contribution in [-0.2, 0) is 4.74 Å². The molecule has 0 aliphatic carbocycles. The fourth-order valence-corrected chi connectivity index (χ4v) is 2.28. The molecule has 0 aromatic heterocycles. The number of hydrogen-bond donors (Lipinski definition) is 1. The molecule has 0 aliphatic rings. The van der Waals surface area contributed by atoms with Crippen LogP contribution >= 0.6 is 22.6 Å². The van der Waals surface area contributed by atoms with Crippen molar-refractivity contribution in [3.63, 3.8) is 0 Å². The molecule has 4 heteroatoms. The highest BCUT2D eigenvalue weighted by atomic mass is 127. The van der Waals surface area contributed by atoms with Crippen LogP contribution in [0.2, 0.25) is 0 Å². The van der Waals surface area contributed by atoms with Gasteiger partial charge in [0.2, 0.25) is 0 Å². The Morgan fingerprint density at radius 1 is 1.53 bits per heavy atom. The second-order valence-electron chi connectivity index (χ2n) is 3.41. The molecule has 1 unspecified atom stereocenters. The first-order chi connectivity index (χ1) is 7.15. The summed E-state index contributed by atoms with van der Waals surface area (Å²) < 4.78 is 18.7. The van der Waals surface area contributed by atoms with Crippen molar-refractivity contribution in [2.45, 2.75) is 18.9 Å². The van der Waals surface area contributed by atoms with Crippen LogP contribution in [0.15, 0.2) is 18.2 Å². The zero-order valence-corrected chi connectivity index (χ0v) is 10.8. The van der Waals surface area contributed by atoms with Gasteiger partial charge in [-0.15, -0.1) is 0 Å². The second kappa shape index (κ2) is 6.40. The van der Waals surface area contributed by atoms with Crippen molar-refractivity contribution < 1.29 is 9.13 Å². The number of halogens is 2. The van der Waals surface area contributed by atoms with E-state index in [1.54, 1.807) is 13.2 Å². The van der Waals surface area contributed by atoms with Gasteiger partial charge >= 0.3 is 0 Å². The van der Waals surface area contributed by atoms with Crippen molar-refractivity contribution >= 4 is 22.6 Å². The van der Waals surface area contributed by atoms with Crippen LogP contribution in [-0.4, -0.2) is 13.7 Å². The normalized spacial score (nSPS) is 12.8. The van der Waals surface area contributed by atoms with Gasteiger partial charge in [0.25, 0.3) is 0 Å². The Kier molecular flexibility index (Phi) is 5.49. The Morgan fingerprint density at radius 2 is 2.27 bits per heavy atom. The standard InChI is InChI=1S/C11H15FINO/c1-15-6-2-3-11(14)9-5-4-8(12)7-10(9)13/h4-5,7,11H,2-3,6,14H2,1H3. The first-order valence-corrected chi connectivity index (χ1v) is 5.92. The van der Waals surface area contributed by atoms with Crippen LogP contribution in [0.3, 0.4) is 0 Å². The Labute approximate surface area is 103 Å². The summed E-state index contributed by atoms with van der Waals surface area (Å²) in [4.78, 5) is 0. The van der Waals surface area contributed by atoms with Gasteiger partial charge in [0.15, 0.2) is 0 Å². The van der Waals surface area contributed by atoms with Crippen LogP contribution < -0.4 is 5.73 Å². The number of methoxy groups -OCH3 is 1. The number of hydrogen-bond acceptors (Lipinski definition) is 2. The summed E-state index contributed by atoms with van der Waals surface area (Å²) in [6, 6.07) is 4.68. The van der Waals surface area contributed by atoms with Crippen LogP contribution in [0.1, 0.15) is 24.4 Å². The van der Waals surface area contributed by atoms with Crippen molar-refractivity contribution in [2.75, 3.05) is 13.7 Å². The molecule has 0 spiro atoms. The minimum Gasteiger partial charge on any atom is -0.385 e. The first-order valence-electron chi connectivity index (χ1n) is 4.84. The van der Waals surface area contributed by atoms with E-state index in [-0.39, 0.29) is 11.9 Å². The number of nitrogens with two attached hydrogens (primary N) is 1. The molecule has 1 aromatic carbocycles. The van der Waals surface area contributed by atoms with E-state index in [4.69, 9.17) is 10.5 Å². The summed E-state index contributed by atoms with van der Waals surface area (Å²) in [6.45, 7) is 0.714. The van der Waals surface area contributed by atoms with Crippen molar-refractivity contribution in [1.29, 1.82) is 0 Å². The fourth-order valence-electron chi connectivity index (χ4n) is 1.41. The molecule has 0 amide bonds. The SMILES string of the molecule is COCCCC(N)c1ccc(F)cc1I. The maximum atomic E-state index is 12.9. The molecule has 2 nitrogen and oxygen atoms in total. The second-order valence-corrected chi connectivity index (χ2v) is 4.57. The Hall–Kier alpha value is -0.200. The van der Waals surface area contributed by atoms with Crippen LogP contribution in [0.5, 0.6) is 0 Å². The molecule has 1 atom stereocenters. The van der Waals surface area contributed by atoms with Gasteiger partial charge in [-0.05, 0) is 53.1 Å². The van der Waals surface area contributed by atoms with Crippen molar-refractivity contribution in [3.8, 4) is 0 Å². The summed E-state index contributed by atoms with van der Waals surface area (Å²) in [6.07, 6.45) is 1.78. The highest BCUT2D eigenvalue weighted by Gasteiger charge is 2.09. The van der Waals surface area contributed by atoms with Crippen molar-refractivity contribution in [2.24, 2.45) is 5.73 Å². The topological polar surface area (TPSA) is 35.2 Å². The van der Waals surface area contributed by atoms with Gasteiger partial charge in [-0.3, -0.25) is 0 Å². The lowest BCUT2D eigenvalue weighted by atomic mass is 10.0. The molecule has 0 radical (unpaired) electrons. The summed E-state index contributed by atoms with van der Waals surface area (Å²) in [7, 11) is 1.67. The monoisotopic (exact) mass is 323 g/mol. The molecule has 0 aliphatic heterocycles. The molecule has 15 heavy (non-hydrogen) atoms. The molecule has 0 bridgehead atoms. The van der Waals surface area contributed by atoms with Gasteiger partial charge in [0.1, 0.15) is 5.82 Å². The number of ether oxygens (including phenoxy) is 1. The smallest absolute Gasteiger partial charge is 0.124 e. The minimum absolute atomic E-state index is 0.0346. The molecule has 0 fully saturated rings. The largest absolute Gasteiger partial charge is 0.385 e. The Bertz CT molecular complexity index is 319. The highest BCUT2D eigenvalue weighted by Crippen LogP contribution is 2.22. The molecular formula is C11H15FINO. The van der Waals surface area contributed by atoms with Crippen molar-refractivity contribution in [3.05, 3.63) is 33.1 Å². The zero-order valence-electron chi connectivity index (χ0n) is 8.67. The Balaban J connectivity index is 2.61. The molecule has 1 aromatic rings. The molecular weight excluding hydrogens is 308 g/mol. The average molecular weight is 323 g/mol. The van der Waals surface area contributed by atoms with Gasteiger partial charge in [0.05, 0.1) is 0 Å². The minimum atomic E-state index is -0.216. The maximum absolute atomic E-state index is 12.9. The summed E-state index contributed by atoms with van der Waals surface area (Å²) in [5, 5.41) is 0. The molecule has 84 valence electrons. The third-order valence-corrected chi connectivity index (χ3v) is 3.16. The third-order valence-electron chi connectivity index (χ3n) is 2.23. The predicted octanol–water partition coefficient (Wildman–Crippen LogP) is 2.86. The first kappa shape index (κ1) is 12.9. The van der Waals surface area contributed by atoms with Crippen molar-refractivity contribution in [1.82, 2.24) is 0 Å². The van der Waals surface area contributed by atoms with E-state index in [2.05, 4.69) is 22.6 Å². The third kappa shape index (κ3) is 4.04. The van der Waals surface area contributed by atoms with E-state index in [9.17, 15) is 4.39 Å². The van der Waals surface area contributed by atoms with Gasteiger partial charge in [0, 0.05) is 23.3 Å². The summed E-state index contributed by atoms with van der Waals surface area (Å²) >= 11 is 2.11. The summed E-state index contributed by atoms with van der Waals surface area (Å²) in [5.74, 6) is -0.216. The van der Waals surface area contributed by atoms with E-state index in [0.717, 1.165) is 22.0 Å². The van der Waals surface area contributed by atoms with E-state index in [0.29, 0.717) is 6.61 Å². The van der Waals surface area contributed by atoms with Crippen LogP contribution in [0.4, 0.5) is 4.39 Å². The molecule has 0 saturated carbocycles. The Morgan fingerprint density at radius 3 is 2.87 bits per heavy atom. The zero-order chi connectivity index (χ0) is 11.3. The average Bonchev–Trinajstić information content (AvgIpc) is 2.17. The fraction of sp³-hybridized carbons (Fsp3) is 0.455.